The first-order valence-corrected chi connectivity index (χ1v) is 9.03. The molecule has 0 bridgehead atoms. The summed E-state index contributed by atoms with van der Waals surface area (Å²) in [7, 11) is 0. The number of nitrogens with zero attached hydrogens (tertiary/aromatic N) is 1. The predicted octanol–water partition coefficient (Wildman–Crippen LogP) is 5.48. The SMILES string of the molecule is CC(C)(C)c1ccc(C2=NC(=Cc3cccc4ccccc34)C(=O)O2)cc1. The van der Waals surface area contributed by atoms with Crippen LogP contribution >= 0.6 is 0 Å². The normalized spacial score (nSPS) is 15.9. The smallest absolute Gasteiger partial charge is 0.363 e. The fourth-order valence-electron chi connectivity index (χ4n) is 3.17. The van der Waals surface area contributed by atoms with Crippen LogP contribution in [0.3, 0.4) is 0 Å². The van der Waals surface area contributed by atoms with E-state index in [1.54, 1.807) is 6.08 Å². The highest BCUT2D eigenvalue weighted by Crippen LogP contribution is 2.26. The van der Waals surface area contributed by atoms with Crippen molar-refractivity contribution in [2.75, 3.05) is 0 Å². The summed E-state index contributed by atoms with van der Waals surface area (Å²) in [4.78, 5) is 16.8. The highest BCUT2D eigenvalue weighted by Gasteiger charge is 2.24. The van der Waals surface area contributed by atoms with E-state index in [9.17, 15) is 4.79 Å². The van der Waals surface area contributed by atoms with E-state index in [2.05, 4.69) is 50.0 Å². The van der Waals surface area contributed by atoms with Gasteiger partial charge in [0.1, 0.15) is 0 Å². The molecule has 0 unspecified atom stereocenters. The third-order valence-corrected chi connectivity index (χ3v) is 4.73. The van der Waals surface area contributed by atoms with Crippen LogP contribution in [-0.2, 0) is 14.9 Å². The van der Waals surface area contributed by atoms with E-state index in [0.29, 0.717) is 11.6 Å². The van der Waals surface area contributed by atoms with Crippen molar-refractivity contribution in [3.8, 4) is 0 Å². The summed E-state index contributed by atoms with van der Waals surface area (Å²) in [6.45, 7) is 6.50. The van der Waals surface area contributed by atoms with Crippen LogP contribution < -0.4 is 0 Å². The Morgan fingerprint density at radius 1 is 0.889 bits per heavy atom. The molecule has 0 aliphatic carbocycles. The van der Waals surface area contributed by atoms with Crippen LogP contribution in [0.25, 0.3) is 16.8 Å². The van der Waals surface area contributed by atoms with Gasteiger partial charge in [0.15, 0.2) is 5.70 Å². The second-order valence-corrected chi connectivity index (χ2v) is 7.73. The molecule has 0 N–H and O–H groups in total. The molecular formula is C24H21NO2. The second kappa shape index (κ2) is 6.51. The zero-order valence-corrected chi connectivity index (χ0v) is 15.7. The lowest BCUT2D eigenvalue weighted by Crippen LogP contribution is -2.11. The topological polar surface area (TPSA) is 38.7 Å². The van der Waals surface area contributed by atoms with Crippen molar-refractivity contribution in [3.05, 3.63) is 89.1 Å². The fraction of sp³-hybridized carbons (Fsp3) is 0.167. The molecule has 3 nitrogen and oxygen atoms in total. The molecule has 4 rings (SSSR count). The molecule has 0 atom stereocenters. The zero-order valence-electron chi connectivity index (χ0n) is 15.7. The zero-order chi connectivity index (χ0) is 19.0. The van der Waals surface area contributed by atoms with Crippen molar-refractivity contribution < 1.29 is 9.53 Å². The first kappa shape index (κ1) is 17.2. The number of carbonyl (C=O) groups is 1. The third-order valence-electron chi connectivity index (χ3n) is 4.73. The first-order valence-electron chi connectivity index (χ1n) is 9.03. The average molecular weight is 355 g/mol. The number of fused-ring (bicyclic) bond motifs is 1. The molecular weight excluding hydrogens is 334 g/mol. The summed E-state index contributed by atoms with van der Waals surface area (Å²) >= 11 is 0. The molecule has 0 radical (unpaired) electrons. The quantitative estimate of drug-likeness (QED) is 0.451. The number of esters is 1. The number of carbonyl (C=O) groups excluding carboxylic acids is 1. The van der Waals surface area contributed by atoms with Crippen molar-refractivity contribution in [1.29, 1.82) is 0 Å². The Hall–Kier alpha value is -3.20. The van der Waals surface area contributed by atoms with Crippen molar-refractivity contribution in [2.45, 2.75) is 26.2 Å². The van der Waals surface area contributed by atoms with Crippen LogP contribution in [0.5, 0.6) is 0 Å². The molecule has 0 fully saturated rings. The number of hydrogen-bond donors (Lipinski definition) is 0. The first-order chi connectivity index (χ1) is 12.9. The second-order valence-electron chi connectivity index (χ2n) is 7.73. The molecule has 3 aromatic rings. The van der Waals surface area contributed by atoms with Gasteiger partial charge in [-0.3, -0.25) is 0 Å². The lowest BCUT2D eigenvalue weighted by molar-refractivity contribution is -0.129. The average Bonchev–Trinajstić information content (AvgIpc) is 3.02. The Labute approximate surface area is 159 Å². The standard InChI is InChI=1S/C24H21NO2/c1-24(2,3)19-13-11-17(12-14-19)22-25-21(23(26)27-22)15-18-9-6-8-16-7-4-5-10-20(16)18/h4-15H,1-3H3. The molecule has 0 saturated heterocycles. The highest BCUT2D eigenvalue weighted by atomic mass is 16.6. The number of cyclic esters (lactones) is 1. The van der Waals surface area contributed by atoms with E-state index < -0.39 is 5.97 Å². The fourth-order valence-corrected chi connectivity index (χ4v) is 3.17. The van der Waals surface area contributed by atoms with Gasteiger partial charge in [-0.15, -0.1) is 0 Å². The minimum Gasteiger partial charge on any atom is -0.402 e. The van der Waals surface area contributed by atoms with E-state index >= 15 is 0 Å². The number of aliphatic imine (C=N–C) groups is 1. The molecule has 134 valence electrons. The molecule has 0 aromatic heterocycles. The van der Waals surface area contributed by atoms with E-state index in [-0.39, 0.29) is 5.41 Å². The van der Waals surface area contributed by atoms with Crippen LogP contribution in [0.15, 0.2) is 77.4 Å². The minimum atomic E-state index is -0.419. The molecule has 3 aromatic carbocycles. The maximum absolute atomic E-state index is 12.3. The maximum Gasteiger partial charge on any atom is 0.363 e. The molecule has 0 saturated carbocycles. The summed E-state index contributed by atoms with van der Waals surface area (Å²) in [6, 6.07) is 22.1. The van der Waals surface area contributed by atoms with Gasteiger partial charge in [0, 0.05) is 5.56 Å². The van der Waals surface area contributed by atoms with E-state index in [1.807, 2.05) is 42.5 Å². The summed E-state index contributed by atoms with van der Waals surface area (Å²) < 4.78 is 5.41. The number of benzene rings is 3. The van der Waals surface area contributed by atoms with Crippen molar-refractivity contribution in [3.63, 3.8) is 0 Å². The molecule has 3 heteroatoms. The third kappa shape index (κ3) is 3.41. The van der Waals surface area contributed by atoms with Crippen LogP contribution in [0.4, 0.5) is 0 Å². The van der Waals surface area contributed by atoms with Crippen LogP contribution in [0, 0.1) is 0 Å². The summed E-state index contributed by atoms with van der Waals surface area (Å²) in [5.41, 5.74) is 3.38. The molecule has 1 aliphatic rings. The highest BCUT2D eigenvalue weighted by molar-refractivity contribution is 6.13. The van der Waals surface area contributed by atoms with Crippen LogP contribution in [-0.4, -0.2) is 11.9 Å². The largest absolute Gasteiger partial charge is 0.402 e. The summed E-state index contributed by atoms with van der Waals surface area (Å²) in [5.74, 6) is -0.0650. The Bertz CT molecular complexity index is 1080. The van der Waals surface area contributed by atoms with Gasteiger partial charge in [-0.25, -0.2) is 9.79 Å². The Balaban J connectivity index is 1.70. The Morgan fingerprint density at radius 2 is 1.59 bits per heavy atom. The number of ether oxygens (including phenoxy) is 1. The van der Waals surface area contributed by atoms with Gasteiger partial charge < -0.3 is 4.74 Å². The van der Waals surface area contributed by atoms with Gasteiger partial charge in [0.05, 0.1) is 0 Å². The van der Waals surface area contributed by atoms with Gasteiger partial charge in [-0.1, -0.05) is 75.4 Å². The lowest BCUT2D eigenvalue weighted by Gasteiger charge is -2.18. The molecule has 0 spiro atoms. The maximum atomic E-state index is 12.3. The predicted molar refractivity (Wildman–Crippen MR) is 110 cm³/mol. The Morgan fingerprint density at radius 3 is 2.33 bits per heavy atom. The van der Waals surface area contributed by atoms with E-state index in [1.165, 1.54) is 5.56 Å². The lowest BCUT2D eigenvalue weighted by atomic mass is 9.87. The van der Waals surface area contributed by atoms with Gasteiger partial charge >= 0.3 is 5.97 Å². The number of hydrogen-bond acceptors (Lipinski definition) is 3. The van der Waals surface area contributed by atoms with Crippen molar-refractivity contribution in [1.82, 2.24) is 0 Å². The van der Waals surface area contributed by atoms with Gasteiger partial charge in [-0.05, 0) is 45.5 Å². The van der Waals surface area contributed by atoms with E-state index in [4.69, 9.17) is 4.74 Å². The van der Waals surface area contributed by atoms with Gasteiger partial charge in [0.25, 0.3) is 0 Å². The van der Waals surface area contributed by atoms with E-state index in [0.717, 1.165) is 21.9 Å². The molecule has 0 amide bonds. The minimum absolute atomic E-state index is 0.0755. The van der Waals surface area contributed by atoms with Crippen molar-refractivity contribution >= 4 is 28.7 Å². The molecule has 27 heavy (non-hydrogen) atoms. The van der Waals surface area contributed by atoms with Gasteiger partial charge in [-0.2, -0.15) is 0 Å². The Kier molecular flexibility index (Phi) is 4.15. The molecule has 1 aliphatic heterocycles. The summed E-state index contributed by atoms with van der Waals surface area (Å²) in [5, 5.41) is 2.21. The van der Waals surface area contributed by atoms with Gasteiger partial charge in [0.2, 0.25) is 5.90 Å². The van der Waals surface area contributed by atoms with Crippen molar-refractivity contribution in [2.24, 2.45) is 4.99 Å². The van der Waals surface area contributed by atoms with Crippen LogP contribution in [0.2, 0.25) is 0 Å². The van der Waals surface area contributed by atoms with Crippen LogP contribution in [0.1, 0.15) is 37.5 Å². The molecule has 1 heterocycles. The summed E-state index contributed by atoms with van der Waals surface area (Å²) in [6.07, 6.45) is 1.79. The number of rotatable bonds is 2. The monoisotopic (exact) mass is 355 g/mol.